The lowest BCUT2D eigenvalue weighted by Crippen LogP contribution is -2.27. The molecule has 0 fully saturated rings. The molecule has 0 saturated carbocycles. The van der Waals surface area contributed by atoms with Crippen LogP contribution >= 0.6 is 0 Å². The minimum absolute atomic E-state index is 0.170. The van der Waals surface area contributed by atoms with Crippen molar-refractivity contribution in [2.24, 2.45) is 0 Å². The van der Waals surface area contributed by atoms with Crippen LogP contribution in [0.25, 0.3) is 5.65 Å². The molecule has 6 nitrogen and oxygen atoms in total. The molecule has 1 aromatic carbocycles. The van der Waals surface area contributed by atoms with Gasteiger partial charge < -0.3 is 14.4 Å². The smallest absolute Gasteiger partial charge is 0.274 e. The van der Waals surface area contributed by atoms with Gasteiger partial charge in [-0.25, -0.2) is 0 Å². The molecule has 0 radical (unpaired) electrons. The fourth-order valence-corrected chi connectivity index (χ4v) is 2.55. The van der Waals surface area contributed by atoms with Crippen LogP contribution in [-0.2, 0) is 6.54 Å². The van der Waals surface area contributed by atoms with Gasteiger partial charge in [0, 0.05) is 17.8 Å². The summed E-state index contributed by atoms with van der Waals surface area (Å²) in [4.78, 5) is 12.0. The summed E-state index contributed by atoms with van der Waals surface area (Å²) in [6.07, 6.45) is -0.699. The molecule has 3 aromatic rings. The summed E-state index contributed by atoms with van der Waals surface area (Å²) in [5, 5.41) is 14.5. The Morgan fingerprint density at radius 1 is 1.22 bits per heavy atom. The van der Waals surface area contributed by atoms with Crippen LogP contribution in [0.4, 0.5) is 0 Å². The standard InChI is InChI=1S/C17H19N3O3/c1-12-8-16-19(13(2)9-17(22)20(16)18-12)10-14(21)11-23-15-6-4-3-5-7-15/h3-9,14,21H,10-11H2,1-2H3/t14-/m1/s1. The Labute approximate surface area is 133 Å². The Morgan fingerprint density at radius 3 is 2.70 bits per heavy atom. The number of aliphatic hydroxyl groups is 1. The molecule has 0 spiro atoms. The molecule has 6 heteroatoms. The minimum Gasteiger partial charge on any atom is -0.491 e. The molecule has 1 N–H and O–H groups in total. The van der Waals surface area contributed by atoms with Crippen molar-refractivity contribution in [2.45, 2.75) is 26.5 Å². The zero-order valence-electron chi connectivity index (χ0n) is 13.1. The average molecular weight is 313 g/mol. The maximum Gasteiger partial charge on any atom is 0.274 e. The lowest BCUT2D eigenvalue weighted by atomic mass is 10.3. The summed E-state index contributed by atoms with van der Waals surface area (Å²) in [5.41, 5.74) is 2.04. The summed E-state index contributed by atoms with van der Waals surface area (Å²) < 4.78 is 8.80. The van der Waals surface area contributed by atoms with E-state index in [9.17, 15) is 9.90 Å². The van der Waals surface area contributed by atoms with E-state index in [-0.39, 0.29) is 12.2 Å². The molecule has 0 amide bonds. The van der Waals surface area contributed by atoms with Crippen molar-refractivity contribution in [2.75, 3.05) is 6.61 Å². The maximum atomic E-state index is 12.0. The van der Waals surface area contributed by atoms with E-state index in [4.69, 9.17) is 4.74 Å². The summed E-state index contributed by atoms with van der Waals surface area (Å²) in [7, 11) is 0. The summed E-state index contributed by atoms with van der Waals surface area (Å²) >= 11 is 0. The van der Waals surface area contributed by atoms with E-state index in [1.54, 1.807) is 0 Å². The van der Waals surface area contributed by atoms with E-state index in [1.807, 2.05) is 54.8 Å². The van der Waals surface area contributed by atoms with Gasteiger partial charge >= 0.3 is 0 Å². The molecule has 2 aromatic heterocycles. The van der Waals surface area contributed by atoms with E-state index < -0.39 is 6.10 Å². The van der Waals surface area contributed by atoms with Crippen LogP contribution in [-0.4, -0.2) is 32.0 Å². The third kappa shape index (κ3) is 3.27. The zero-order valence-corrected chi connectivity index (χ0v) is 13.1. The van der Waals surface area contributed by atoms with Gasteiger partial charge in [0.2, 0.25) is 0 Å². The zero-order chi connectivity index (χ0) is 16.4. The van der Waals surface area contributed by atoms with E-state index in [0.29, 0.717) is 17.9 Å². The van der Waals surface area contributed by atoms with Gasteiger partial charge in [-0.2, -0.15) is 9.61 Å². The third-order valence-corrected chi connectivity index (χ3v) is 3.64. The Bertz CT molecular complexity index is 868. The van der Waals surface area contributed by atoms with Crippen molar-refractivity contribution in [3.63, 3.8) is 0 Å². The van der Waals surface area contributed by atoms with E-state index in [1.165, 1.54) is 10.6 Å². The number of aliphatic hydroxyl groups excluding tert-OH is 1. The van der Waals surface area contributed by atoms with Gasteiger partial charge in [0.05, 0.1) is 12.2 Å². The number of aryl methyl sites for hydroxylation is 2. The summed E-state index contributed by atoms with van der Waals surface area (Å²) in [6, 6.07) is 12.7. The van der Waals surface area contributed by atoms with Gasteiger partial charge in [-0.15, -0.1) is 0 Å². The molecule has 0 aliphatic rings. The lowest BCUT2D eigenvalue weighted by Gasteiger charge is -2.17. The normalized spacial score (nSPS) is 12.5. The molecule has 2 heterocycles. The van der Waals surface area contributed by atoms with Crippen LogP contribution in [0.3, 0.4) is 0 Å². The highest BCUT2D eigenvalue weighted by molar-refractivity contribution is 5.41. The number of fused-ring (bicyclic) bond motifs is 1. The van der Waals surface area contributed by atoms with Crippen molar-refractivity contribution >= 4 is 5.65 Å². The van der Waals surface area contributed by atoms with Crippen molar-refractivity contribution in [1.82, 2.24) is 14.2 Å². The summed E-state index contributed by atoms with van der Waals surface area (Å²) in [5.74, 6) is 0.716. The predicted octanol–water partition coefficient (Wildman–Crippen LogP) is 1.55. The Balaban J connectivity index is 1.79. The molecule has 0 unspecified atom stereocenters. The molecule has 0 aliphatic heterocycles. The molecule has 120 valence electrons. The van der Waals surface area contributed by atoms with Crippen LogP contribution in [0.2, 0.25) is 0 Å². The average Bonchev–Trinajstić information content (AvgIpc) is 2.93. The number of ether oxygens (including phenoxy) is 1. The first-order valence-corrected chi connectivity index (χ1v) is 7.47. The van der Waals surface area contributed by atoms with Crippen LogP contribution in [0.1, 0.15) is 11.4 Å². The number of benzene rings is 1. The first-order valence-electron chi connectivity index (χ1n) is 7.47. The van der Waals surface area contributed by atoms with E-state index >= 15 is 0 Å². The minimum atomic E-state index is -0.699. The third-order valence-electron chi connectivity index (χ3n) is 3.64. The number of para-hydroxylation sites is 1. The van der Waals surface area contributed by atoms with Crippen molar-refractivity contribution in [1.29, 1.82) is 0 Å². The second-order valence-electron chi connectivity index (χ2n) is 5.57. The van der Waals surface area contributed by atoms with Gasteiger partial charge in [-0.3, -0.25) is 4.79 Å². The van der Waals surface area contributed by atoms with Gasteiger partial charge in [-0.05, 0) is 26.0 Å². The SMILES string of the molecule is Cc1cc2n(C[C@@H](O)COc3ccccc3)c(C)cc(=O)n2n1. The number of nitrogens with zero attached hydrogens (tertiary/aromatic N) is 3. The molecule has 0 bridgehead atoms. The van der Waals surface area contributed by atoms with Gasteiger partial charge in [0.1, 0.15) is 24.1 Å². The van der Waals surface area contributed by atoms with Crippen LogP contribution in [0, 0.1) is 13.8 Å². The highest BCUT2D eigenvalue weighted by Crippen LogP contribution is 2.11. The van der Waals surface area contributed by atoms with Crippen molar-refractivity contribution in [3.8, 4) is 5.75 Å². The maximum absolute atomic E-state index is 12.0. The van der Waals surface area contributed by atoms with E-state index in [0.717, 1.165) is 11.4 Å². The van der Waals surface area contributed by atoms with Crippen molar-refractivity contribution < 1.29 is 9.84 Å². The van der Waals surface area contributed by atoms with Crippen LogP contribution < -0.4 is 10.3 Å². The Hall–Kier alpha value is -2.60. The topological polar surface area (TPSA) is 68.8 Å². The monoisotopic (exact) mass is 313 g/mol. The molecular formula is C17H19N3O3. The highest BCUT2D eigenvalue weighted by Gasteiger charge is 2.13. The lowest BCUT2D eigenvalue weighted by molar-refractivity contribution is 0.0926. The summed E-state index contributed by atoms with van der Waals surface area (Å²) in [6.45, 7) is 4.18. The second-order valence-corrected chi connectivity index (χ2v) is 5.57. The second kappa shape index (κ2) is 6.26. The Morgan fingerprint density at radius 2 is 1.96 bits per heavy atom. The van der Waals surface area contributed by atoms with Gasteiger partial charge in [-0.1, -0.05) is 18.2 Å². The predicted molar refractivity (Wildman–Crippen MR) is 86.9 cm³/mol. The fraction of sp³-hybridized carbons (Fsp3) is 0.294. The van der Waals surface area contributed by atoms with Crippen LogP contribution in [0.15, 0.2) is 47.3 Å². The Kier molecular flexibility index (Phi) is 4.16. The highest BCUT2D eigenvalue weighted by atomic mass is 16.5. The molecule has 3 rings (SSSR count). The van der Waals surface area contributed by atoms with Gasteiger partial charge in [0.25, 0.3) is 5.56 Å². The van der Waals surface area contributed by atoms with Gasteiger partial charge in [0.15, 0.2) is 0 Å². The van der Waals surface area contributed by atoms with Crippen LogP contribution in [0.5, 0.6) is 5.75 Å². The molecule has 1 atom stereocenters. The number of hydrogen-bond acceptors (Lipinski definition) is 4. The molecule has 0 saturated heterocycles. The number of rotatable bonds is 5. The number of hydrogen-bond donors (Lipinski definition) is 1. The quantitative estimate of drug-likeness (QED) is 0.776. The number of aromatic nitrogens is 3. The molecule has 0 aliphatic carbocycles. The first kappa shape index (κ1) is 15.3. The fourth-order valence-electron chi connectivity index (χ4n) is 2.55. The molecule has 23 heavy (non-hydrogen) atoms. The first-order chi connectivity index (χ1) is 11.0. The van der Waals surface area contributed by atoms with E-state index in [2.05, 4.69) is 5.10 Å². The van der Waals surface area contributed by atoms with Crippen molar-refractivity contribution in [3.05, 3.63) is 64.2 Å². The largest absolute Gasteiger partial charge is 0.491 e. The molecular weight excluding hydrogens is 294 g/mol.